The quantitative estimate of drug-likeness (QED) is 0.856. The largest absolute Gasteiger partial charge is 0.469 e. The van der Waals surface area contributed by atoms with E-state index in [1.807, 2.05) is 12.1 Å². The Morgan fingerprint density at radius 1 is 1.50 bits per heavy atom. The number of nitrogens with zero attached hydrogens (tertiary/aromatic N) is 1. The van der Waals surface area contributed by atoms with E-state index in [4.69, 9.17) is 10.2 Å². The summed E-state index contributed by atoms with van der Waals surface area (Å²) in [6.45, 7) is 2.32. The fraction of sp³-hybridized carbons (Fsp3) is 0.231. The molecule has 2 heterocycles. The highest BCUT2D eigenvalue weighted by atomic mass is 16.3. The van der Waals surface area contributed by atoms with Gasteiger partial charge >= 0.3 is 0 Å². The summed E-state index contributed by atoms with van der Waals surface area (Å²) in [6, 6.07) is 6.97. The number of furan rings is 1. The van der Waals surface area contributed by atoms with Gasteiger partial charge in [-0.25, -0.2) is 4.98 Å². The number of hydrogen-bond donors (Lipinski definition) is 2. The average Bonchev–Trinajstić information content (AvgIpc) is 2.80. The lowest BCUT2D eigenvalue weighted by Gasteiger charge is -2.05. The minimum absolute atomic E-state index is 0.154. The van der Waals surface area contributed by atoms with Gasteiger partial charge in [-0.15, -0.1) is 0 Å². The molecule has 0 bridgehead atoms. The van der Waals surface area contributed by atoms with Crippen LogP contribution in [0.1, 0.15) is 21.8 Å². The molecule has 0 radical (unpaired) electrons. The van der Waals surface area contributed by atoms with Crippen molar-refractivity contribution in [3.63, 3.8) is 0 Å². The van der Waals surface area contributed by atoms with Crippen molar-refractivity contribution >= 4 is 11.7 Å². The molecule has 0 saturated heterocycles. The van der Waals surface area contributed by atoms with Crippen LogP contribution >= 0.6 is 0 Å². The molecular formula is C13H15N3O2. The number of nitrogens with two attached hydrogens (primary N) is 1. The van der Waals surface area contributed by atoms with E-state index < -0.39 is 0 Å². The molecule has 0 aliphatic carbocycles. The molecule has 0 aliphatic rings. The van der Waals surface area contributed by atoms with Crippen molar-refractivity contribution in [2.75, 3.05) is 12.3 Å². The fourth-order valence-corrected chi connectivity index (χ4v) is 1.68. The lowest BCUT2D eigenvalue weighted by molar-refractivity contribution is 0.0953. The van der Waals surface area contributed by atoms with Gasteiger partial charge < -0.3 is 15.5 Å². The molecule has 0 spiro atoms. The third-order valence-electron chi connectivity index (χ3n) is 2.47. The number of rotatable bonds is 4. The zero-order chi connectivity index (χ0) is 13.0. The molecule has 18 heavy (non-hydrogen) atoms. The van der Waals surface area contributed by atoms with Gasteiger partial charge in [-0.2, -0.15) is 0 Å². The van der Waals surface area contributed by atoms with Crippen LogP contribution in [0.3, 0.4) is 0 Å². The maximum absolute atomic E-state index is 11.9. The number of nitrogens with one attached hydrogen (secondary N) is 1. The molecule has 3 N–H and O–H groups in total. The van der Waals surface area contributed by atoms with E-state index in [1.165, 1.54) is 0 Å². The van der Waals surface area contributed by atoms with Gasteiger partial charge in [0, 0.05) is 24.2 Å². The van der Waals surface area contributed by atoms with Gasteiger partial charge in [0.2, 0.25) is 0 Å². The maximum Gasteiger partial charge on any atom is 0.251 e. The minimum Gasteiger partial charge on any atom is -0.469 e. The van der Waals surface area contributed by atoms with Crippen molar-refractivity contribution in [3.05, 3.63) is 47.5 Å². The van der Waals surface area contributed by atoms with Crippen LogP contribution in [0.4, 0.5) is 5.82 Å². The van der Waals surface area contributed by atoms with Crippen LogP contribution in [0.5, 0.6) is 0 Å². The summed E-state index contributed by atoms with van der Waals surface area (Å²) in [7, 11) is 0. The van der Waals surface area contributed by atoms with Crippen LogP contribution in [0.2, 0.25) is 0 Å². The predicted octanol–water partition coefficient (Wildman–Crippen LogP) is 1.54. The fourth-order valence-electron chi connectivity index (χ4n) is 1.68. The molecule has 0 atom stereocenters. The first-order chi connectivity index (χ1) is 8.65. The standard InChI is InChI=1S/C13H15N3O2/c1-9-7-10(8-12(14)16-9)13(17)15-5-4-11-3-2-6-18-11/h2-3,6-8H,4-5H2,1H3,(H2,14,16)(H,15,17). The summed E-state index contributed by atoms with van der Waals surface area (Å²) in [5.41, 5.74) is 6.85. The second kappa shape index (κ2) is 5.35. The summed E-state index contributed by atoms with van der Waals surface area (Å²) in [5, 5.41) is 2.81. The smallest absolute Gasteiger partial charge is 0.251 e. The molecule has 5 nitrogen and oxygen atoms in total. The van der Waals surface area contributed by atoms with Crippen LogP contribution in [-0.4, -0.2) is 17.4 Å². The van der Waals surface area contributed by atoms with Crippen LogP contribution in [0.25, 0.3) is 0 Å². The number of anilines is 1. The van der Waals surface area contributed by atoms with Crippen molar-refractivity contribution in [1.82, 2.24) is 10.3 Å². The van der Waals surface area contributed by atoms with E-state index in [-0.39, 0.29) is 5.91 Å². The van der Waals surface area contributed by atoms with Gasteiger partial charge in [0.1, 0.15) is 11.6 Å². The third-order valence-corrected chi connectivity index (χ3v) is 2.47. The Bertz CT molecular complexity index is 515. The van der Waals surface area contributed by atoms with E-state index >= 15 is 0 Å². The van der Waals surface area contributed by atoms with Crippen molar-refractivity contribution in [2.24, 2.45) is 0 Å². The van der Waals surface area contributed by atoms with Crippen LogP contribution < -0.4 is 11.1 Å². The summed E-state index contributed by atoms with van der Waals surface area (Å²) < 4.78 is 5.18. The molecule has 0 aromatic carbocycles. The number of hydrogen-bond acceptors (Lipinski definition) is 4. The second-order valence-corrected chi connectivity index (χ2v) is 4.01. The molecular weight excluding hydrogens is 230 g/mol. The Balaban J connectivity index is 1.91. The summed E-state index contributed by atoms with van der Waals surface area (Å²) in [6.07, 6.45) is 2.28. The van der Waals surface area contributed by atoms with Gasteiger partial charge in [-0.05, 0) is 31.2 Å². The summed E-state index contributed by atoms with van der Waals surface area (Å²) in [4.78, 5) is 15.9. The van der Waals surface area contributed by atoms with Gasteiger partial charge in [-0.1, -0.05) is 0 Å². The van der Waals surface area contributed by atoms with E-state index in [9.17, 15) is 4.79 Å². The number of amides is 1. The molecule has 2 aromatic rings. The first-order valence-electron chi connectivity index (χ1n) is 5.70. The molecule has 2 rings (SSSR count). The summed E-state index contributed by atoms with van der Waals surface area (Å²) in [5.74, 6) is 1.05. The predicted molar refractivity (Wildman–Crippen MR) is 68.1 cm³/mol. The zero-order valence-electron chi connectivity index (χ0n) is 10.1. The van der Waals surface area contributed by atoms with E-state index in [0.717, 1.165) is 11.5 Å². The number of carbonyl (C=O) groups is 1. The zero-order valence-corrected chi connectivity index (χ0v) is 10.1. The number of aryl methyl sites for hydroxylation is 1. The Labute approximate surface area is 105 Å². The van der Waals surface area contributed by atoms with Crippen molar-refractivity contribution in [3.8, 4) is 0 Å². The Morgan fingerprint density at radius 2 is 2.33 bits per heavy atom. The molecule has 0 aliphatic heterocycles. The van der Waals surface area contributed by atoms with Crippen LogP contribution in [-0.2, 0) is 6.42 Å². The molecule has 0 unspecified atom stereocenters. The number of nitrogen functional groups attached to an aromatic ring is 1. The second-order valence-electron chi connectivity index (χ2n) is 4.01. The minimum atomic E-state index is -0.154. The highest BCUT2D eigenvalue weighted by Gasteiger charge is 2.07. The van der Waals surface area contributed by atoms with Gasteiger partial charge in [0.25, 0.3) is 5.91 Å². The highest BCUT2D eigenvalue weighted by Crippen LogP contribution is 2.07. The maximum atomic E-state index is 11.9. The normalized spacial score (nSPS) is 10.3. The van der Waals surface area contributed by atoms with Crippen molar-refractivity contribution in [2.45, 2.75) is 13.3 Å². The van der Waals surface area contributed by atoms with Crippen molar-refractivity contribution in [1.29, 1.82) is 0 Å². The SMILES string of the molecule is Cc1cc(C(=O)NCCc2ccco2)cc(N)n1. The number of aromatic nitrogens is 1. The van der Waals surface area contributed by atoms with Gasteiger partial charge in [-0.3, -0.25) is 4.79 Å². The van der Waals surface area contributed by atoms with Crippen molar-refractivity contribution < 1.29 is 9.21 Å². The molecule has 2 aromatic heterocycles. The topological polar surface area (TPSA) is 81.2 Å². The van der Waals surface area contributed by atoms with Gasteiger partial charge in [0.05, 0.1) is 6.26 Å². The van der Waals surface area contributed by atoms with Gasteiger partial charge in [0.15, 0.2) is 0 Å². The number of carbonyl (C=O) groups excluding carboxylic acids is 1. The summed E-state index contributed by atoms with van der Waals surface area (Å²) >= 11 is 0. The molecule has 1 amide bonds. The molecule has 94 valence electrons. The number of pyridine rings is 1. The van der Waals surface area contributed by atoms with Crippen LogP contribution in [0, 0.1) is 6.92 Å². The Morgan fingerprint density at radius 3 is 3.00 bits per heavy atom. The van der Waals surface area contributed by atoms with E-state index in [2.05, 4.69) is 10.3 Å². The Kier molecular flexibility index (Phi) is 3.62. The molecule has 5 heteroatoms. The lowest BCUT2D eigenvalue weighted by atomic mass is 10.2. The Hall–Kier alpha value is -2.30. The van der Waals surface area contributed by atoms with Crippen LogP contribution in [0.15, 0.2) is 34.9 Å². The highest BCUT2D eigenvalue weighted by molar-refractivity contribution is 5.94. The van der Waals surface area contributed by atoms with E-state index in [0.29, 0.717) is 24.3 Å². The first kappa shape index (κ1) is 12.2. The molecule has 0 saturated carbocycles. The third kappa shape index (κ3) is 3.10. The average molecular weight is 245 g/mol. The first-order valence-corrected chi connectivity index (χ1v) is 5.70. The lowest BCUT2D eigenvalue weighted by Crippen LogP contribution is -2.25. The molecule has 0 fully saturated rings. The monoisotopic (exact) mass is 245 g/mol. The van der Waals surface area contributed by atoms with E-state index in [1.54, 1.807) is 25.3 Å².